The topological polar surface area (TPSA) is 44.5 Å². The Morgan fingerprint density at radius 3 is 1.91 bits per heavy atom. The van der Waals surface area contributed by atoms with E-state index in [1.54, 1.807) is 6.92 Å². The number of hydrogen-bond donors (Lipinski definition) is 1. The van der Waals surface area contributed by atoms with Gasteiger partial charge in [0.15, 0.2) is 0 Å². The van der Waals surface area contributed by atoms with E-state index in [2.05, 4.69) is 12.2 Å². The van der Waals surface area contributed by atoms with E-state index in [1.807, 2.05) is 0 Å². The van der Waals surface area contributed by atoms with Crippen LogP contribution in [0.3, 0.4) is 0 Å². The van der Waals surface area contributed by atoms with E-state index in [-0.39, 0.29) is 29.6 Å². The summed E-state index contributed by atoms with van der Waals surface area (Å²) in [7, 11) is 3.07. The smallest absolute Gasteiger partial charge is 0.384 e. The number of rotatable bonds is 3. The Labute approximate surface area is 98.7 Å². The molecular weight excluding hydrogens is 193 g/mol. The normalized spacial score (nSPS) is 10.5. The molecule has 0 unspecified atom stereocenters. The Bertz CT molecular complexity index is 130. The Balaban J connectivity index is 0. The van der Waals surface area contributed by atoms with Crippen molar-refractivity contribution in [2.24, 2.45) is 5.73 Å². The van der Waals surface area contributed by atoms with E-state index in [1.165, 1.54) is 26.0 Å². The molecule has 0 aromatic carbocycles. The summed E-state index contributed by atoms with van der Waals surface area (Å²) >= 11 is 5.82. The summed E-state index contributed by atoms with van der Waals surface area (Å²) in [5, 5.41) is -0.744. The first-order chi connectivity index (χ1) is 4.54. The Morgan fingerprint density at radius 1 is 1.45 bits per heavy atom. The zero-order valence-electron chi connectivity index (χ0n) is 7.21. The van der Waals surface area contributed by atoms with Gasteiger partial charge in [-0.15, -0.1) is 0 Å². The van der Waals surface area contributed by atoms with Gasteiger partial charge in [-0.1, -0.05) is 12.2 Å². The van der Waals surface area contributed by atoms with Gasteiger partial charge in [0, 0.05) is 21.1 Å². The molecule has 6 heteroatoms. The van der Waals surface area contributed by atoms with E-state index < -0.39 is 5.12 Å². The predicted octanol–water partition coefficient (Wildman–Crippen LogP) is -2.07. The quantitative estimate of drug-likeness (QED) is 0.325. The molecule has 0 saturated heterocycles. The van der Waals surface area contributed by atoms with E-state index in [9.17, 15) is 0 Å². The van der Waals surface area contributed by atoms with Crippen LogP contribution in [0.1, 0.15) is 6.92 Å². The van der Waals surface area contributed by atoms with E-state index in [4.69, 9.17) is 15.2 Å². The first-order valence-electron chi connectivity index (χ1n) is 2.63. The second-order valence-corrected chi connectivity index (χ2v) is 3.78. The molecular formula is C5H11NNaO2S2+. The van der Waals surface area contributed by atoms with Crippen molar-refractivity contribution in [3.8, 4) is 0 Å². The standard InChI is InChI=1S/C5H11NO2S2.Na/c1-5(7-2,8-3)10-4(6)9;/h1-3H3,(H2,6,9);/q;+1. The second-order valence-electron chi connectivity index (χ2n) is 1.69. The summed E-state index contributed by atoms with van der Waals surface area (Å²) in [6.07, 6.45) is 0. The van der Waals surface area contributed by atoms with Crippen LogP contribution in [0, 0.1) is 0 Å². The monoisotopic (exact) mass is 204 g/mol. The van der Waals surface area contributed by atoms with Gasteiger partial charge in [0.1, 0.15) is 4.32 Å². The number of hydrogen-bond acceptors (Lipinski definition) is 4. The fourth-order valence-electron chi connectivity index (χ4n) is 0.349. The number of thiocarbonyl (C=S) groups is 1. The van der Waals surface area contributed by atoms with Gasteiger partial charge in [0.2, 0.25) is 5.12 Å². The molecule has 0 saturated carbocycles. The van der Waals surface area contributed by atoms with Gasteiger partial charge in [0.05, 0.1) is 0 Å². The molecule has 0 fully saturated rings. The maximum atomic E-state index is 5.26. The molecule has 3 nitrogen and oxygen atoms in total. The summed E-state index contributed by atoms with van der Waals surface area (Å²) in [6, 6.07) is 0. The van der Waals surface area contributed by atoms with Crippen molar-refractivity contribution in [2.45, 2.75) is 12.0 Å². The maximum absolute atomic E-state index is 5.26. The largest absolute Gasteiger partial charge is 1.00 e. The molecule has 0 aliphatic carbocycles. The molecule has 0 aromatic rings. The number of methoxy groups -OCH3 is 2. The van der Waals surface area contributed by atoms with Crippen LogP contribution in [0.5, 0.6) is 0 Å². The zero-order valence-corrected chi connectivity index (χ0v) is 10.8. The van der Waals surface area contributed by atoms with Gasteiger partial charge in [0.25, 0.3) is 0 Å². The Kier molecular flexibility index (Phi) is 8.87. The van der Waals surface area contributed by atoms with Crippen molar-refractivity contribution >= 4 is 28.3 Å². The van der Waals surface area contributed by atoms with Gasteiger partial charge in [-0.05, 0) is 11.8 Å². The van der Waals surface area contributed by atoms with Crippen LogP contribution in [-0.4, -0.2) is 23.7 Å². The molecule has 2 N–H and O–H groups in total. The van der Waals surface area contributed by atoms with E-state index in [0.29, 0.717) is 4.32 Å². The minimum atomic E-state index is -0.744. The third-order valence-corrected chi connectivity index (χ3v) is 2.18. The van der Waals surface area contributed by atoms with Gasteiger partial charge < -0.3 is 15.2 Å². The third-order valence-electron chi connectivity index (χ3n) is 1.03. The summed E-state index contributed by atoms with van der Waals surface area (Å²) in [4.78, 5) is 0. The van der Waals surface area contributed by atoms with Gasteiger partial charge in [-0.2, -0.15) is 0 Å². The van der Waals surface area contributed by atoms with Crippen molar-refractivity contribution in [1.29, 1.82) is 0 Å². The Morgan fingerprint density at radius 2 is 1.82 bits per heavy atom. The van der Waals surface area contributed by atoms with Crippen LogP contribution in [0.15, 0.2) is 0 Å². The van der Waals surface area contributed by atoms with Gasteiger partial charge in [-0.3, -0.25) is 0 Å². The first kappa shape index (κ1) is 14.7. The molecule has 0 rings (SSSR count). The van der Waals surface area contributed by atoms with Crippen LogP contribution >= 0.6 is 24.0 Å². The van der Waals surface area contributed by atoms with Crippen LogP contribution in [-0.2, 0) is 9.47 Å². The summed E-state index contributed by atoms with van der Waals surface area (Å²) in [6.45, 7) is 1.75. The molecule has 0 atom stereocenters. The van der Waals surface area contributed by atoms with Crippen molar-refractivity contribution in [1.82, 2.24) is 0 Å². The third kappa shape index (κ3) is 6.33. The molecule has 0 aliphatic rings. The van der Waals surface area contributed by atoms with Crippen molar-refractivity contribution in [2.75, 3.05) is 14.2 Å². The molecule has 0 aromatic heterocycles. The van der Waals surface area contributed by atoms with Crippen molar-refractivity contribution < 1.29 is 39.0 Å². The number of ether oxygens (including phenoxy) is 2. The fraction of sp³-hybridized carbons (Fsp3) is 0.800. The van der Waals surface area contributed by atoms with Gasteiger partial charge in [-0.25, -0.2) is 0 Å². The fourth-order valence-corrected chi connectivity index (χ4v) is 1.34. The molecule has 0 aliphatic heterocycles. The molecule has 0 heterocycles. The first-order valence-corrected chi connectivity index (χ1v) is 3.85. The average molecular weight is 204 g/mol. The molecule has 60 valence electrons. The number of thioether (sulfide) groups is 1. The second kappa shape index (κ2) is 6.65. The van der Waals surface area contributed by atoms with Crippen LogP contribution in [0.25, 0.3) is 0 Å². The summed E-state index contributed by atoms with van der Waals surface area (Å²) < 4.78 is 10.3. The zero-order chi connectivity index (χ0) is 8.20. The maximum Gasteiger partial charge on any atom is 1.00 e. The summed E-state index contributed by atoms with van der Waals surface area (Å²) in [5.41, 5.74) is 5.26. The van der Waals surface area contributed by atoms with E-state index in [0.717, 1.165) is 0 Å². The average Bonchev–Trinajstić information content (AvgIpc) is 1.87. The molecule has 11 heavy (non-hydrogen) atoms. The minimum absolute atomic E-state index is 0. The molecule has 0 amide bonds. The molecule has 0 radical (unpaired) electrons. The minimum Gasteiger partial charge on any atom is -0.384 e. The molecule has 0 spiro atoms. The van der Waals surface area contributed by atoms with E-state index >= 15 is 0 Å². The predicted molar refractivity (Wildman–Crippen MR) is 46.8 cm³/mol. The number of nitrogens with two attached hydrogens (primary N) is 1. The summed E-state index contributed by atoms with van der Waals surface area (Å²) in [5.74, 6) is 0. The van der Waals surface area contributed by atoms with Crippen LogP contribution < -0.4 is 35.3 Å². The van der Waals surface area contributed by atoms with Gasteiger partial charge >= 0.3 is 29.6 Å². The van der Waals surface area contributed by atoms with Crippen LogP contribution in [0.4, 0.5) is 0 Å². The SMILES string of the molecule is COC(C)(OC)SC(N)=S.[Na+]. The van der Waals surface area contributed by atoms with Crippen molar-refractivity contribution in [3.63, 3.8) is 0 Å². The Hall–Kier alpha value is 1.16. The van der Waals surface area contributed by atoms with Crippen molar-refractivity contribution in [3.05, 3.63) is 0 Å². The molecule has 0 bridgehead atoms. The van der Waals surface area contributed by atoms with Crippen LogP contribution in [0.2, 0.25) is 0 Å².